The predicted octanol–water partition coefficient (Wildman–Crippen LogP) is 6.85. The average Bonchev–Trinajstić information content (AvgIpc) is 3.11. The molecule has 3 aromatic rings. The Labute approximate surface area is 162 Å². The number of rotatable bonds is 6. The third-order valence-electron chi connectivity index (χ3n) is 4.06. The number of hydrogen-bond acceptors (Lipinski definition) is 2. The van der Waals surface area contributed by atoms with Crippen LogP contribution in [0.4, 0.5) is 5.69 Å². The van der Waals surface area contributed by atoms with E-state index in [-0.39, 0.29) is 11.7 Å². The average molecular weight is 388 g/mol. The molecule has 2 aromatic carbocycles. The van der Waals surface area contributed by atoms with Gasteiger partial charge >= 0.3 is 0 Å². The molecule has 0 aliphatic heterocycles. The molecule has 0 spiro atoms. The third kappa shape index (κ3) is 4.48. The maximum Gasteiger partial charge on any atom is 0.291 e. The first-order valence-electron chi connectivity index (χ1n) is 8.52. The second kappa shape index (κ2) is 8.43. The van der Waals surface area contributed by atoms with Gasteiger partial charge in [-0.2, -0.15) is 0 Å². The number of unbranched alkanes of at least 4 members (excludes halogenated alkanes) is 1. The Bertz CT molecular complexity index is 901. The van der Waals surface area contributed by atoms with Crippen molar-refractivity contribution in [1.82, 2.24) is 0 Å². The van der Waals surface area contributed by atoms with Crippen molar-refractivity contribution in [3.63, 3.8) is 0 Å². The summed E-state index contributed by atoms with van der Waals surface area (Å²) in [5.74, 6) is 0.440. The van der Waals surface area contributed by atoms with Crippen LogP contribution in [0.5, 0.6) is 0 Å². The number of aryl methyl sites for hydroxylation is 1. The standard InChI is InChI=1S/C21H19Cl2NO2/c1-2-3-4-14-5-8-16(9-6-14)24-21(25)20-12-11-19(26-20)17-10-7-15(22)13-18(17)23/h5-13H,2-4H2,1H3,(H,24,25). The first-order chi connectivity index (χ1) is 12.6. The van der Waals surface area contributed by atoms with Crippen molar-refractivity contribution in [1.29, 1.82) is 0 Å². The lowest BCUT2D eigenvalue weighted by atomic mass is 10.1. The number of nitrogens with one attached hydrogen (secondary N) is 1. The summed E-state index contributed by atoms with van der Waals surface area (Å²) in [4.78, 5) is 12.4. The van der Waals surface area contributed by atoms with Crippen LogP contribution in [0.25, 0.3) is 11.3 Å². The van der Waals surface area contributed by atoms with Crippen LogP contribution < -0.4 is 5.32 Å². The molecular formula is C21H19Cl2NO2. The van der Waals surface area contributed by atoms with Crippen molar-refractivity contribution >= 4 is 34.8 Å². The maximum atomic E-state index is 12.4. The first-order valence-corrected chi connectivity index (χ1v) is 9.28. The van der Waals surface area contributed by atoms with E-state index in [1.54, 1.807) is 30.3 Å². The van der Waals surface area contributed by atoms with E-state index in [1.165, 1.54) is 5.56 Å². The predicted molar refractivity (Wildman–Crippen MR) is 107 cm³/mol. The van der Waals surface area contributed by atoms with E-state index >= 15 is 0 Å². The van der Waals surface area contributed by atoms with Crippen LogP contribution in [0.1, 0.15) is 35.9 Å². The lowest BCUT2D eigenvalue weighted by Crippen LogP contribution is -2.10. The van der Waals surface area contributed by atoms with Gasteiger partial charge in [-0.05, 0) is 60.9 Å². The summed E-state index contributed by atoms with van der Waals surface area (Å²) >= 11 is 12.1. The van der Waals surface area contributed by atoms with Gasteiger partial charge in [-0.25, -0.2) is 0 Å². The molecule has 0 radical (unpaired) electrons. The number of carbonyl (C=O) groups is 1. The minimum Gasteiger partial charge on any atom is -0.451 e. The topological polar surface area (TPSA) is 42.2 Å². The quantitative estimate of drug-likeness (QED) is 0.502. The molecule has 1 aromatic heterocycles. The van der Waals surface area contributed by atoms with Crippen molar-refractivity contribution in [2.45, 2.75) is 26.2 Å². The molecule has 0 unspecified atom stereocenters. The maximum absolute atomic E-state index is 12.4. The number of benzene rings is 2. The van der Waals surface area contributed by atoms with E-state index in [4.69, 9.17) is 27.6 Å². The molecule has 1 amide bonds. The van der Waals surface area contributed by atoms with Crippen LogP contribution in [0.15, 0.2) is 59.0 Å². The molecular weight excluding hydrogens is 369 g/mol. The fraction of sp³-hybridized carbons (Fsp3) is 0.190. The molecule has 3 rings (SSSR count). The molecule has 0 saturated heterocycles. The highest BCUT2D eigenvalue weighted by Gasteiger charge is 2.14. The normalized spacial score (nSPS) is 10.7. The van der Waals surface area contributed by atoms with Crippen molar-refractivity contribution in [3.05, 3.63) is 76.0 Å². The van der Waals surface area contributed by atoms with E-state index < -0.39 is 0 Å². The van der Waals surface area contributed by atoms with E-state index in [9.17, 15) is 4.79 Å². The number of anilines is 1. The molecule has 3 nitrogen and oxygen atoms in total. The Morgan fingerprint density at radius 1 is 1.04 bits per heavy atom. The largest absolute Gasteiger partial charge is 0.451 e. The van der Waals surface area contributed by atoms with Gasteiger partial charge in [0.25, 0.3) is 5.91 Å². The third-order valence-corrected chi connectivity index (χ3v) is 4.60. The van der Waals surface area contributed by atoms with Crippen molar-refractivity contribution in [2.75, 3.05) is 5.32 Å². The summed E-state index contributed by atoms with van der Waals surface area (Å²) in [6.07, 6.45) is 3.37. The smallest absolute Gasteiger partial charge is 0.291 e. The molecule has 0 bridgehead atoms. The Morgan fingerprint density at radius 3 is 2.50 bits per heavy atom. The van der Waals surface area contributed by atoms with Gasteiger partial charge in [0.1, 0.15) is 5.76 Å². The molecule has 0 atom stereocenters. The Kier molecular flexibility index (Phi) is 6.02. The zero-order chi connectivity index (χ0) is 18.5. The molecule has 0 fully saturated rings. The summed E-state index contributed by atoms with van der Waals surface area (Å²) in [5, 5.41) is 3.86. The molecule has 0 aliphatic rings. The summed E-state index contributed by atoms with van der Waals surface area (Å²) in [5.41, 5.74) is 2.69. The minimum atomic E-state index is -0.303. The Morgan fingerprint density at radius 2 is 1.81 bits per heavy atom. The SMILES string of the molecule is CCCCc1ccc(NC(=O)c2ccc(-c3ccc(Cl)cc3Cl)o2)cc1. The molecule has 0 aliphatic carbocycles. The highest BCUT2D eigenvalue weighted by Crippen LogP contribution is 2.31. The number of carbonyl (C=O) groups excluding carboxylic acids is 1. The monoisotopic (exact) mass is 387 g/mol. The molecule has 0 saturated carbocycles. The summed E-state index contributed by atoms with van der Waals surface area (Å²) in [7, 11) is 0. The van der Waals surface area contributed by atoms with Gasteiger partial charge in [0.05, 0.1) is 5.02 Å². The zero-order valence-electron chi connectivity index (χ0n) is 14.4. The number of furan rings is 1. The van der Waals surface area contributed by atoms with Gasteiger partial charge < -0.3 is 9.73 Å². The number of halogens is 2. The van der Waals surface area contributed by atoms with Crippen LogP contribution >= 0.6 is 23.2 Å². The zero-order valence-corrected chi connectivity index (χ0v) is 15.9. The van der Waals surface area contributed by atoms with Crippen LogP contribution in [0.3, 0.4) is 0 Å². The van der Waals surface area contributed by atoms with Crippen LogP contribution in [0, 0.1) is 0 Å². The molecule has 5 heteroatoms. The van der Waals surface area contributed by atoms with Gasteiger partial charge in [-0.15, -0.1) is 0 Å². The molecule has 134 valence electrons. The van der Waals surface area contributed by atoms with E-state index in [0.717, 1.165) is 24.9 Å². The fourth-order valence-corrected chi connectivity index (χ4v) is 3.12. The van der Waals surface area contributed by atoms with Crippen molar-refractivity contribution in [3.8, 4) is 11.3 Å². The summed E-state index contributed by atoms with van der Waals surface area (Å²) in [6, 6.07) is 16.4. The lowest BCUT2D eigenvalue weighted by Gasteiger charge is -2.05. The number of hydrogen-bond donors (Lipinski definition) is 1. The highest BCUT2D eigenvalue weighted by molar-refractivity contribution is 6.36. The lowest BCUT2D eigenvalue weighted by molar-refractivity contribution is 0.0997. The Hall–Kier alpha value is -2.23. The van der Waals surface area contributed by atoms with Gasteiger partial charge in [0.2, 0.25) is 0 Å². The summed E-state index contributed by atoms with van der Waals surface area (Å²) < 4.78 is 5.66. The van der Waals surface area contributed by atoms with E-state index in [0.29, 0.717) is 21.4 Å². The Balaban J connectivity index is 1.70. The first kappa shape index (κ1) is 18.6. The van der Waals surface area contributed by atoms with E-state index in [2.05, 4.69) is 12.2 Å². The van der Waals surface area contributed by atoms with Crippen molar-refractivity contribution < 1.29 is 9.21 Å². The second-order valence-corrected chi connectivity index (χ2v) is 6.89. The van der Waals surface area contributed by atoms with Crippen molar-refractivity contribution in [2.24, 2.45) is 0 Å². The van der Waals surface area contributed by atoms with Gasteiger partial charge in [-0.1, -0.05) is 48.7 Å². The van der Waals surface area contributed by atoms with Crippen LogP contribution in [-0.4, -0.2) is 5.91 Å². The molecule has 26 heavy (non-hydrogen) atoms. The minimum absolute atomic E-state index is 0.223. The second-order valence-electron chi connectivity index (χ2n) is 6.04. The van der Waals surface area contributed by atoms with Crippen LogP contribution in [0.2, 0.25) is 10.0 Å². The summed E-state index contributed by atoms with van der Waals surface area (Å²) in [6.45, 7) is 2.17. The van der Waals surface area contributed by atoms with Gasteiger partial charge in [0, 0.05) is 16.3 Å². The fourth-order valence-electron chi connectivity index (χ4n) is 2.62. The number of amides is 1. The van der Waals surface area contributed by atoms with Crippen LogP contribution in [-0.2, 0) is 6.42 Å². The molecule has 1 N–H and O–H groups in total. The highest BCUT2D eigenvalue weighted by atomic mass is 35.5. The molecule has 1 heterocycles. The van der Waals surface area contributed by atoms with E-state index in [1.807, 2.05) is 24.3 Å². The van der Waals surface area contributed by atoms with Gasteiger partial charge in [-0.3, -0.25) is 4.79 Å². The van der Waals surface area contributed by atoms with Gasteiger partial charge in [0.15, 0.2) is 5.76 Å².